The Morgan fingerprint density at radius 1 is 0.458 bits per heavy atom. The van der Waals surface area contributed by atoms with Gasteiger partial charge in [0.2, 0.25) is 0 Å². The van der Waals surface area contributed by atoms with Gasteiger partial charge >= 0.3 is 0 Å². The molecule has 0 amide bonds. The lowest BCUT2D eigenvalue weighted by Crippen LogP contribution is -2.69. The predicted octanol–water partition coefficient (Wildman–Crippen LogP) is 7.41. The lowest BCUT2D eigenvalue weighted by atomic mass is 9.87. The number of nitrogens with zero attached hydrogens (tertiary/aromatic N) is 1. The van der Waals surface area contributed by atoms with Crippen molar-refractivity contribution < 1.29 is 23.7 Å². The van der Waals surface area contributed by atoms with Gasteiger partial charge in [-0.25, -0.2) is 0 Å². The van der Waals surface area contributed by atoms with Crippen LogP contribution in [0.5, 0.6) is 0 Å². The molecule has 0 spiro atoms. The summed E-state index contributed by atoms with van der Waals surface area (Å²) in [5, 5.41) is 0. The number of aldehydes is 1. The highest BCUT2D eigenvalue weighted by Crippen LogP contribution is 2.34. The molecule has 5 aromatic rings. The zero-order chi connectivity index (χ0) is 32.8. The van der Waals surface area contributed by atoms with E-state index in [1.807, 2.05) is 115 Å². The zero-order valence-corrected chi connectivity index (χ0v) is 27.1. The highest BCUT2D eigenvalue weighted by molar-refractivity contribution is 5.60. The molecular weight excluding hydrogens is 598 g/mol. The smallest absolute Gasteiger partial charge is 0.139 e. The molecule has 0 aromatic heterocycles. The second kappa shape index (κ2) is 17.6. The van der Waals surface area contributed by atoms with Gasteiger partial charge in [0.15, 0.2) is 0 Å². The Kier molecular flexibility index (Phi) is 12.3. The molecule has 0 radical (unpaired) electrons. The molecule has 0 saturated carbocycles. The quantitative estimate of drug-likeness (QED) is 0.105. The van der Waals surface area contributed by atoms with Gasteiger partial charge in [-0.2, -0.15) is 0 Å². The van der Waals surface area contributed by atoms with Crippen LogP contribution in [-0.2, 0) is 56.7 Å². The lowest BCUT2D eigenvalue weighted by Gasteiger charge is -2.51. The minimum Gasteiger partial charge on any atom is -0.375 e. The molecule has 0 aliphatic carbocycles. The molecule has 5 unspecified atom stereocenters. The Morgan fingerprint density at radius 3 is 1.27 bits per heavy atom. The van der Waals surface area contributed by atoms with Crippen molar-refractivity contribution in [2.24, 2.45) is 0 Å². The van der Waals surface area contributed by atoms with Crippen molar-refractivity contribution in [2.45, 2.75) is 63.4 Å². The molecule has 6 nitrogen and oxygen atoms in total. The second-order valence-corrected chi connectivity index (χ2v) is 12.1. The Labute approximate surface area is 283 Å². The summed E-state index contributed by atoms with van der Waals surface area (Å²) < 4.78 is 26.9. The van der Waals surface area contributed by atoms with E-state index in [0.717, 1.165) is 34.1 Å². The van der Waals surface area contributed by atoms with Crippen molar-refractivity contribution in [3.8, 4) is 0 Å². The molecule has 1 saturated heterocycles. The molecule has 5 aromatic carbocycles. The summed E-state index contributed by atoms with van der Waals surface area (Å²) in [7, 11) is 0. The summed E-state index contributed by atoms with van der Waals surface area (Å²) in [5.74, 6) is 0. The maximum atomic E-state index is 13.3. The maximum absolute atomic E-state index is 13.3. The number of carbonyl (C=O) groups is 1. The largest absolute Gasteiger partial charge is 0.375 e. The summed E-state index contributed by atoms with van der Waals surface area (Å²) in [6, 6.07) is 49.7. The molecule has 6 heteroatoms. The van der Waals surface area contributed by atoms with E-state index >= 15 is 0 Å². The van der Waals surface area contributed by atoms with Crippen molar-refractivity contribution in [2.75, 3.05) is 6.61 Å². The Hall–Kier alpha value is -4.43. The van der Waals surface area contributed by atoms with E-state index < -0.39 is 24.4 Å². The fraction of sp³-hybridized carbons (Fsp3) is 0.262. The van der Waals surface area contributed by atoms with Crippen LogP contribution in [0.3, 0.4) is 0 Å². The lowest BCUT2D eigenvalue weighted by molar-refractivity contribution is -0.226. The first-order valence-corrected chi connectivity index (χ1v) is 16.6. The van der Waals surface area contributed by atoms with Crippen LogP contribution in [0.25, 0.3) is 0 Å². The summed E-state index contributed by atoms with van der Waals surface area (Å²) in [6.07, 6.45) is -0.647. The SMILES string of the molecule is O=CC1C(OCc2ccccc2)C(OCc2ccccc2)C(OCc2ccccc2)C(COCc2ccccc2)N1Cc1ccccc1. The Morgan fingerprint density at radius 2 is 0.833 bits per heavy atom. The average molecular weight is 642 g/mol. The van der Waals surface area contributed by atoms with E-state index in [4.69, 9.17) is 18.9 Å². The van der Waals surface area contributed by atoms with E-state index in [1.165, 1.54) is 0 Å². The summed E-state index contributed by atoms with van der Waals surface area (Å²) in [4.78, 5) is 15.5. The highest BCUT2D eigenvalue weighted by atomic mass is 16.6. The molecule has 48 heavy (non-hydrogen) atoms. The number of benzene rings is 5. The third-order valence-electron chi connectivity index (χ3n) is 8.78. The molecule has 0 bridgehead atoms. The molecule has 5 atom stereocenters. The van der Waals surface area contributed by atoms with Gasteiger partial charge in [-0.1, -0.05) is 152 Å². The molecule has 1 aliphatic heterocycles. The number of rotatable bonds is 16. The van der Waals surface area contributed by atoms with E-state index in [1.54, 1.807) is 0 Å². The molecular formula is C42H43NO5. The molecule has 6 rings (SSSR count). The Balaban J connectivity index is 1.37. The van der Waals surface area contributed by atoms with Crippen LogP contribution in [0, 0.1) is 0 Å². The summed E-state index contributed by atoms with van der Waals surface area (Å²) in [6.45, 7) is 2.36. The van der Waals surface area contributed by atoms with Crippen molar-refractivity contribution in [3.63, 3.8) is 0 Å². The minimum absolute atomic E-state index is 0.315. The van der Waals surface area contributed by atoms with E-state index in [9.17, 15) is 4.79 Å². The monoisotopic (exact) mass is 641 g/mol. The van der Waals surface area contributed by atoms with Gasteiger partial charge in [0, 0.05) is 6.54 Å². The van der Waals surface area contributed by atoms with Crippen molar-refractivity contribution in [1.29, 1.82) is 0 Å². The standard InChI is InChI=1S/C42H43NO5/c44-27-38-40(46-29-35-20-10-3-11-21-35)42(48-31-37-24-14-5-15-25-37)41(47-30-36-22-12-4-13-23-36)39(32-45-28-34-18-8-2-9-19-34)43(38)26-33-16-6-1-7-17-33/h1-25,27,38-42H,26,28-32H2. The number of hydrogen-bond donors (Lipinski definition) is 0. The Bertz CT molecular complexity index is 1620. The number of hydrogen-bond acceptors (Lipinski definition) is 6. The highest BCUT2D eigenvalue weighted by Gasteiger charge is 2.51. The van der Waals surface area contributed by atoms with Gasteiger partial charge in [-0.15, -0.1) is 0 Å². The first-order valence-electron chi connectivity index (χ1n) is 16.6. The molecule has 1 heterocycles. The van der Waals surface area contributed by atoms with Crippen molar-refractivity contribution >= 4 is 6.29 Å². The maximum Gasteiger partial charge on any atom is 0.139 e. The van der Waals surface area contributed by atoms with Crippen LogP contribution in [-0.4, -0.2) is 48.2 Å². The molecule has 246 valence electrons. The fourth-order valence-electron chi connectivity index (χ4n) is 6.32. The molecule has 1 fully saturated rings. The normalized spacial score (nSPS) is 21.1. The van der Waals surface area contributed by atoms with Gasteiger partial charge in [0.05, 0.1) is 45.1 Å². The topological polar surface area (TPSA) is 57.2 Å². The van der Waals surface area contributed by atoms with E-state index in [0.29, 0.717) is 39.6 Å². The third-order valence-corrected chi connectivity index (χ3v) is 8.78. The van der Waals surface area contributed by atoms with Gasteiger partial charge in [0.25, 0.3) is 0 Å². The van der Waals surface area contributed by atoms with Crippen LogP contribution < -0.4 is 0 Å². The molecule has 0 N–H and O–H groups in total. The van der Waals surface area contributed by atoms with Crippen LogP contribution in [0.2, 0.25) is 0 Å². The van der Waals surface area contributed by atoms with Gasteiger partial charge in [-0.05, 0) is 27.8 Å². The number of ether oxygens (including phenoxy) is 4. The predicted molar refractivity (Wildman–Crippen MR) is 187 cm³/mol. The zero-order valence-electron chi connectivity index (χ0n) is 27.1. The van der Waals surface area contributed by atoms with Crippen LogP contribution in [0.15, 0.2) is 152 Å². The first kappa shape index (κ1) is 33.5. The van der Waals surface area contributed by atoms with Crippen LogP contribution >= 0.6 is 0 Å². The first-order chi connectivity index (χ1) is 23.8. The van der Waals surface area contributed by atoms with Crippen LogP contribution in [0.4, 0.5) is 0 Å². The fourth-order valence-corrected chi connectivity index (χ4v) is 6.32. The summed E-state index contributed by atoms with van der Waals surface area (Å²) in [5.41, 5.74) is 5.28. The van der Waals surface area contributed by atoms with Crippen LogP contribution in [0.1, 0.15) is 27.8 Å². The number of piperidine rings is 1. The number of likely N-dealkylation sites (tertiary alicyclic amines) is 1. The number of carbonyl (C=O) groups excluding carboxylic acids is 1. The van der Waals surface area contributed by atoms with Crippen molar-refractivity contribution in [1.82, 2.24) is 4.90 Å². The van der Waals surface area contributed by atoms with Gasteiger partial charge in [0.1, 0.15) is 24.6 Å². The van der Waals surface area contributed by atoms with Gasteiger partial charge < -0.3 is 23.7 Å². The molecule has 1 aliphatic rings. The van der Waals surface area contributed by atoms with E-state index in [-0.39, 0.29) is 6.04 Å². The van der Waals surface area contributed by atoms with Gasteiger partial charge in [-0.3, -0.25) is 4.90 Å². The average Bonchev–Trinajstić information content (AvgIpc) is 3.15. The minimum atomic E-state index is -0.614. The summed E-state index contributed by atoms with van der Waals surface area (Å²) >= 11 is 0. The third kappa shape index (κ3) is 9.13. The van der Waals surface area contributed by atoms with Crippen molar-refractivity contribution in [3.05, 3.63) is 179 Å². The van der Waals surface area contributed by atoms with E-state index in [2.05, 4.69) is 41.3 Å². The second-order valence-electron chi connectivity index (χ2n) is 12.1.